The van der Waals surface area contributed by atoms with Crippen molar-refractivity contribution in [3.63, 3.8) is 0 Å². The molecule has 1 aromatic carbocycles. The minimum Gasteiger partial charge on any atom is -0.493 e. The molecule has 1 atom stereocenters. The third kappa shape index (κ3) is 6.25. The fourth-order valence-corrected chi connectivity index (χ4v) is 1.40. The summed E-state index contributed by atoms with van der Waals surface area (Å²) in [5.74, 6) is 0.722. The molecule has 18 heavy (non-hydrogen) atoms. The van der Waals surface area contributed by atoms with E-state index in [0.717, 1.165) is 5.75 Å². The van der Waals surface area contributed by atoms with Crippen LogP contribution in [0.3, 0.4) is 0 Å². The number of hydrogen-bond acceptors (Lipinski definition) is 3. The predicted molar refractivity (Wildman–Crippen MR) is 70.6 cm³/mol. The van der Waals surface area contributed by atoms with E-state index in [1.54, 1.807) is 6.92 Å². The van der Waals surface area contributed by atoms with Crippen LogP contribution >= 0.6 is 0 Å². The van der Waals surface area contributed by atoms with Crippen LogP contribution in [0.5, 0.6) is 5.75 Å². The smallest absolute Gasteiger partial charge is 0.223 e. The standard InChI is InChI=1S/C14H21NO3/c1-11-3-5-13(6-4-11)18-10-8-14(17)15-9-7-12(2)16/h3-6,12,16H,7-10H2,1-2H3,(H,15,17). The zero-order valence-electron chi connectivity index (χ0n) is 11.0. The fourth-order valence-electron chi connectivity index (χ4n) is 1.40. The third-order valence-corrected chi connectivity index (χ3v) is 2.50. The van der Waals surface area contributed by atoms with Gasteiger partial charge in [0.2, 0.25) is 5.91 Å². The highest BCUT2D eigenvalue weighted by Gasteiger charge is 2.02. The maximum atomic E-state index is 11.4. The van der Waals surface area contributed by atoms with Crippen molar-refractivity contribution in [3.8, 4) is 5.75 Å². The second-order valence-corrected chi connectivity index (χ2v) is 4.40. The third-order valence-electron chi connectivity index (χ3n) is 2.50. The molecule has 1 aromatic rings. The number of aliphatic hydroxyl groups is 1. The fraction of sp³-hybridized carbons (Fsp3) is 0.500. The minimum atomic E-state index is -0.380. The van der Waals surface area contributed by atoms with Gasteiger partial charge in [0.05, 0.1) is 19.1 Å². The van der Waals surface area contributed by atoms with Gasteiger partial charge in [-0.2, -0.15) is 0 Å². The molecule has 0 heterocycles. The van der Waals surface area contributed by atoms with E-state index in [2.05, 4.69) is 5.32 Å². The topological polar surface area (TPSA) is 58.6 Å². The van der Waals surface area contributed by atoms with Gasteiger partial charge in [0.25, 0.3) is 0 Å². The number of aryl methyl sites for hydroxylation is 1. The van der Waals surface area contributed by atoms with Gasteiger partial charge in [-0.15, -0.1) is 0 Å². The molecule has 0 saturated carbocycles. The predicted octanol–water partition coefficient (Wildman–Crippen LogP) is 1.65. The molecule has 0 spiro atoms. The number of hydrogen-bond donors (Lipinski definition) is 2. The number of nitrogens with one attached hydrogen (secondary N) is 1. The normalized spacial score (nSPS) is 11.9. The van der Waals surface area contributed by atoms with Gasteiger partial charge < -0.3 is 15.2 Å². The lowest BCUT2D eigenvalue weighted by Gasteiger charge is -2.08. The molecule has 0 aliphatic rings. The van der Waals surface area contributed by atoms with E-state index in [1.807, 2.05) is 31.2 Å². The second kappa shape index (κ2) is 7.71. The molecule has 1 amide bonds. The van der Waals surface area contributed by atoms with Gasteiger partial charge in [0.1, 0.15) is 5.75 Å². The Labute approximate surface area is 108 Å². The molecule has 0 fully saturated rings. The van der Waals surface area contributed by atoms with Crippen LogP contribution in [0.1, 0.15) is 25.3 Å². The molecule has 4 heteroatoms. The van der Waals surface area contributed by atoms with Crippen molar-refractivity contribution in [2.75, 3.05) is 13.2 Å². The average Bonchev–Trinajstić information content (AvgIpc) is 2.31. The first-order valence-corrected chi connectivity index (χ1v) is 6.22. The lowest BCUT2D eigenvalue weighted by Crippen LogP contribution is -2.27. The number of ether oxygens (including phenoxy) is 1. The summed E-state index contributed by atoms with van der Waals surface area (Å²) in [4.78, 5) is 11.4. The molecular formula is C14H21NO3. The van der Waals surface area contributed by atoms with E-state index in [0.29, 0.717) is 26.0 Å². The summed E-state index contributed by atoms with van der Waals surface area (Å²) in [6.45, 7) is 4.58. The number of aliphatic hydroxyl groups excluding tert-OH is 1. The summed E-state index contributed by atoms with van der Waals surface area (Å²) in [6.07, 6.45) is 0.521. The van der Waals surface area contributed by atoms with Crippen molar-refractivity contribution in [1.29, 1.82) is 0 Å². The molecule has 0 aliphatic carbocycles. The minimum absolute atomic E-state index is 0.0530. The summed E-state index contributed by atoms with van der Waals surface area (Å²) >= 11 is 0. The van der Waals surface area contributed by atoms with E-state index in [-0.39, 0.29) is 12.0 Å². The Morgan fingerprint density at radius 2 is 2.06 bits per heavy atom. The first kappa shape index (κ1) is 14.5. The van der Waals surface area contributed by atoms with Gasteiger partial charge >= 0.3 is 0 Å². The summed E-state index contributed by atoms with van der Waals surface area (Å²) in [5, 5.41) is 11.8. The lowest BCUT2D eigenvalue weighted by atomic mass is 10.2. The van der Waals surface area contributed by atoms with Gasteiger partial charge in [0, 0.05) is 6.54 Å². The molecule has 0 aromatic heterocycles. The summed E-state index contributed by atoms with van der Waals surface area (Å²) in [6, 6.07) is 7.72. The van der Waals surface area contributed by atoms with Crippen molar-refractivity contribution in [2.24, 2.45) is 0 Å². The van der Waals surface area contributed by atoms with Gasteiger partial charge in [-0.05, 0) is 32.4 Å². The van der Waals surface area contributed by atoms with Crippen LogP contribution in [0.2, 0.25) is 0 Å². The van der Waals surface area contributed by atoms with Crippen LogP contribution < -0.4 is 10.1 Å². The monoisotopic (exact) mass is 251 g/mol. The first-order chi connectivity index (χ1) is 8.58. The van der Waals surface area contributed by atoms with E-state index in [1.165, 1.54) is 5.56 Å². The second-order valence-electron chi connectivity index (χ2n) is 4.40. The Hall–Kier alpha value is -1.55. The Bertz CT molecular complexity index is 360. The quantitative estimate of drug-likeness (QED) is 0.774. The van der Waals surface area contributed by atoms with Gasteiger partial charge in [-0.1, -0.05) is 17.7 Å². The maximum Gasteiger partial charge on any atom is 0.223 e. The molecule has 0 aliphatic heterocycles. The number of benzene rings is 1. The number of carbonyl (C=O) groups is 1. The van der Waals surface area contributed by atoms with Gasteiger partial charge in [0.15, 0.2) is 0 Å². The number of carbonyl (C=O) groups excluding carboxylic acids is 1. The van der Waals surface area contributed by atoms with Gasteiger partial charge in [-0.25, -0.2) is 0 Å². The molecule has 0 saturated heterocycles. The summed E-state index contributed by atoms with van der Waals surface area (Å²) < 4.78 is 5.45. The molecule has 1 rings (SSSR count). The Morgan fingerprint density at radius 3 is 2.67 bits per heavy atom. The van der Waals surface area contributed by atoms with Crippen molar-refractivity contribution >= 4 is 5.91 Å². The average molecular weight is 251 g/mol. The molecule has 0 bridgehead atoms. The zero-order chi connectivity index (χ0) is 13.4. The summed E-state index contributed by atoms with van der Waals surface area (Å²) in [5.41, 5.74) is 1.18. The van der Waals surface area contributed by atoms with Crippen LogP contribution in [0.4, 0.5) is 0 Å². The Morgan fingerprint density at radius 1 is 1.39 bits per heavy atom. The highest BCUT2D eigenvalue weighted by Crippen LogP contribution is 2.11. The van der Waals surface area contributed by atoms with Crippen molar-refractivity contribution in [2.45, 2.75) is 32.8 Å². The highest BCUT2D eigenvalue weighted by molar-refractivity contribution is 5.75. The summed E-state index contributed by atoms with van der Waals surface area (Å²) in [7, 11) is 0. The van der Waals surface area contributed by atoms with Crippen LogP contribution in [0, 0.1) is 6.92 Å². The van der Waals surface area contributed by atoms with Crippen molar-refractivity contribution in [3.05, 3.63) is 29.8 Å². The highest BCUT2D eigenvalue weighted by atomic mass is 16.5. The molecule has 100 valence electrons. The van der Waals surface area contributed by atoms with Crippen LogP contribution in [0.15, 0.2) is 24.3 Å². The van der Waals surface area contributed by atoms with Gasteiger partial charge in [-0.3, -0.25) is 4.79 Å². The number of amides is 1. The molecular weight excluding hydrogens is 230 g/mol. The molecule has 2 N–H and O–H groups in total. The Kier molecular flexibility index (Phi) is 6.22. The van der Waals surface area contributed by atoms with E-state index >= 15 is 0 Å². The van der Waals surface area contributed by atoms with Crippen molar-refractivity contribution in [1.82, 2.24) is 5.32 Å². The van der Waals surface area contributed by atoms with Crippen LogP contribution in [-0.4, -0.2) is 30.3 Å². The molecule has 4 nitrogen and oxygen atoms in total. The molecule has 1 unspecified atom stereocenters. The first-order valence-electron chi connectivity index (χ1n) is 6.22. The Balaban J connectivity index is 2.13. The largest absolute Gasteiger partial charge is 0.493 e. The zero-order valence-corrected chi connectivity index (χ0v) is 11.0. The SMILES string of the molecule is Cc1ccc(OCCC(=O)NCCC(C)O)cc1. The van der Waals surface area contributed by atoms with Crippen LogP contribution in [0.25, 0.3) is 0 Å². The number of rotatable bonds is 7. The maximum absolute atomic E-state index is 11.4. The van der Waals surface area contributed by atoms with Crippen molar-refractivity contribution < 1.29 is 14.6 Å². The van der Waals surface area contributed by atoms with E-state index in [4.69, 9.17) is 9.84 Å². The van der Waals surface area contributed by atoms with Crippen LogP contribution in [-0.2, 0) is 4.79 Å². The lowest BCUT2D eigenvalue weighted by molar-refractivity contribution is -0.121. The molecule has 0 radical (unpaired) electrons. The van der Waals surface area contributed by atoms with E-state index in [9.17, 15) is 4.79 Å². The van der Waals surface area contributed by atoms with E-state index < -0.39 is 0 Å².